The summed E-state index contributed by atoms with van der Waals surface area (Å²) in [4.78, 5) is 0. The van der Waals surface area contributed by atoms with Gasteiger partial charge in [0.1, 0.15) is 0 Å². The Morgan fingerprint density at radius 1 is 0.533 bits per heavy atom. The average molecular weight is 397 g/mol. The Bertz CT molecular complexity index is 892. The molecule has 0 amide bonds. The van der Waals surface area contributed by atoms with Crippen molar-refractivity contribution in [1.82, 2.24) is 0 Å². The van der Waals surface area contributed by atoms with Crippen molar-refractivity contribution in [1.29, 1.82) is 0 Å². The molecule has 0 radical (unpaired) electrons. The van der Waals surface area contributed by atoms with Gasteiger partial charge in [0.25, 0.3) is 0 Å². The highest BCUT2D eigenvalue weighted by molar-refractivity contribution is 5.30. The zero-order valence-electron chi connectivity index (χ0n) is 18.7. The summed E-state index contributed by atoms with van der Waals surface area (Å²) in [5.41, 5.74) is 8.64. The normalized spacial score (nSPS) is 19.0. The topological polar surface area (TPSA) is 0 Å². The van der Waals surface area contributed by atoms with Crippen molar-refractivity contribution in [3.8, 4) is 0 Å². The van der Waals surface area contributed by atoms with Gasteiger partial charge in [0, 0.05) is 0 Å². The zero-order valence-corrected chi connectivity index (χ0v) is 18.7. The van der Waals surface area contributed by atoms with E-state index in [0.717, 1.165) is 24.7 Å². The van der Waals surface area contributed by atoms with E-state index in [2.05, 4.69) is 86.6 Å². The Labute approximate surface area is 183 Å². The number of hydrogen-bond donors (Lipinski definition) is 0. The Balaban J connectivity index is 1.24. The van der Waals surface area contributed by atoms with Gasteiger partial charge in [0.15, 0.2) is 0 Å². The smallest absolute Gasteiger partial charge is 0.00258 e. The number of hydrogen-bond acceptors (Lipinski definition) is 0. The van der Waals surface area contributed by atoms with Crippen LogP contribution in [0.3, 0.4) is 0 Å². The maximum absolute atomic E-state index is 2.37. The molecular formula is C30H36. The lowest BCUT2D eigenvalue weighted by Gasteiger charge is -2.28. The van der Waals surface area contributed by atoms with Crippen molar-refractivity contribution in [3.05, 3.63) is 106 Å². The van der Waals surface area contributed by atoms with E-state index >= 15 is 0 Å². The quantitative estimate of drug-likeness (QED) is 0.383. The van der Waals surface area contributed by atoms with Crippen LogP contribution in [0.1, 0.15) is 66.0 Å². The molecule has 3 aromatic carbocycles. The Morgan fingerprint density at radius 3 is 1.33 bits per heavy atom. The molecule has 0 aliphatic heterocycles. The molecule has 156 valence electrons. The van der Waals surface area contributed by atoms with Gasteiger partial charge < -0.3 is 0 Å². The third-order valence-electron chi connectivity index (χ3n) is 7.00. The highest BCUT2D eigenvalue weighted by atomic mass is 14.3. The highest BCUT2D eigenvalue weighted by Crippen LogP contribution is 2.33. The summed E-state index contributed by atoms with van der Waals surface area (Å²) in [5.74, 6) is 1.75. The maximum atomic E-state index is 2.37. The van der Waals surface area contributed by atoms with Crippen LogP contribution in [0.25, 0.3) is 0 Å². The summed E-state index contributed by atoms with van der Waals surface area (Å²) < 4.78 is 0. The Morgan fingerprint density at radius 2 is 0.900 bits per heavy atom. The molecule has 0 saturated heterocycles. The molecule has 0 spiro atoms. The van der Waals surface area contributed by atoms with Crippen molar-refractivity contribution in [3.63, 3.8) is 0 Å². The minimum Gasteiger partial charge on any atom is -0.0613 e. The fourth-order valence-corrected chi connectivity index (χ4v) is 4.95. The van der Waals surface area contributed by atoms with Crippen LogP contribution in [-0.4, -0.2) is 0 Å². The highest BCUT2D eigenvalue weighted by Gasteiger charge is 2.21. The van der Waals surface area contributed by atoms with Gasteiger partial charge in [-0.2, -0.15) is 0 Å². The van der Waals surface area contributed by atoms with Crippen molar-refractivity contribution in [2.24, 2.45) is 11.8 Å². The molecule has 3 aromatic rings. The second kappa shape index (κ2) is 10.1. The molecule has 0 heterocycles. The van der Waals surface area contributed by atoms with Crippen LogP contribution in [-0.2, 0) is 25.7 Å². The Hall–Kier alpha value is -2.34. The second-order valence-corrected chi connectivity index (χ2v) is 9.44. The summed E-state index contributed by atoms with van der Waals surface area (Å²) in [6, 6.07) is 27.6. The van der Waals surface area contributed by atoms with Gasteiger partial charge in [-0.25, -0.2) is 0 Å². The van der Waals surface area contributed by atoms with Crippen LogP contribution in [0.15, 0.2) is 72.8 Å². The first kappa shape index (κ1) is 20.9. The monoisotopic (exact) mass is 396 g/mol. The van der Waals surface area contributed by atoms with E-state index in [1.165, 1.54) is 71.9 Å². The van der Waals surface area contributed by atoms with E-state index in [1.807, 2.05) is 0 Å². The number of benzene rings is 3. The molecule has 0 nitrogen and oxygen atoms in total. The third-order valence-corrected chi connectivity index (χ3v) is 7.00. The first-order valence-electron chi connectivity index (χ1n) is 11.9. The summed E-state index contributed by atoms with van der Waals surface area (Å²) in [6.07, 6.45) is 10.3. The standard InChI is InChI=1S/C30H36/c1-3-24-8-10-26(11-9-24)21-28-16-18-30(19-17-28)22-29-14-12-27(13-15-29)20-25-6-4-23(2)5-7-25/h4-15,28,30H,3,16-22H2,1-2H3. The van der Waals surface area contributed by atoms with Gasteiger partial charge >= 0.3 is 0 Å². The molecule has 30 heavy (non-hydrogen) atoms. The molecule has 4 rings (SSSR count). The predicted molar refractivity (Wildman–Crippen MR) is 129 cm³/mol. The van der Waals surface area contributed by atoms with E-state index in [9.17, 15) is 0 Å². The molecule has 0 N–H and O–H groups in total. The fraction of sp³-hybridized carbons (Fsp3) is 0.400. The molecular weight excluding hydrogens is 360 g/mol. The van der Waals surface area contributed by atoms with Gasteiger partial charge in [-0.05, 0) is 97.9 Å². The van der Waals surface area contributed by atoms with E-state index < -0.39 is 0 Å². The molecule has 0 unspecified atom stereocenters. The van der Waals surface area contributed by atoms with Crippen LogP contribution in [0.5, 0.6) is 0 Å². The minimum atomic E-state index is 0.867. The molecule has 1 aliphatic rings. The molecule has 0 atom stereocenters. The van der Waals surface area contributed by atoms with Crippen LogP contribution in [0.2, 0.25) is 0 Å². The largest absolute Gasteiger partial charge is 0.0613 e. The molecule has 0 aromatic heterocycles. The summed E-state index contributed by atoms with van der Waals surface area (Å²) >= 11 is 0. The molecule has 0 heteroatoms. The summed E-state index contributed by atoms with van der Waals surface area (Å²) in [7, 11) is 0. The van der Waals surface area contributed by atoms with E-state index in [-0.39, 0.29) is 0 Å². The molecule has 1 fully saturated rings. The first-order chi connectivity index (χ1) is 14.7. The van der Waals surface area contributed by atoms with Gasteiger partial charge in [-0.3, -0.25) is 0 Å². The van der Waals surface area contributed by atoms with Gasteiger partial charge in [-0.15, -0.1) is 0 Å². The lowest BCUT2D eigenvalue weighted by molar-refractivity contribution is 0.272. The summed E-state index contributed by atoms with van der Waals surface area (Å²) in [6.45, 7) is 4.38. The van der Waals surface area contributed by atoms with E-state index in [0.29, 0.717) is 0 Å². The van der Waals surface area contributed by atoms with Crippen LogP contribution < -0.4 is 0 Å². The van der Waals surface area contributed by atoms with Crippen molar-refractivity contribution >= 4 is 0 Å². The van der Waals surface area contributed by atoms with Crippen LogP contribution >= 0.6 is 0 Å². The SMILES string of the molecule is CCc1ccc(CC2CCC(Cc3ccc(Cc4ccc(C)cc4)cc3)CC2)cc1. The number of aryl methyl sites for hydroxylation is 2. The van der Waals surface area contributed by atoms with E-state index in [1.54, 1.807) is 0 Å². The van der Waals surface area contributed by atoms with Gasteiger partial charge in [-0.1, -0.05) is 85.3 Å². The van der Waals surface area contributed by atoms with Gasteiger partial charge in [0.05, 0.1) is 0 Å². The zero-order chi connectivity index (χ0) is 20.8. The second-order valence-electron chi connectivity index (χ2n) is 9.44. The average Bonchev–Trinajstić information content (AvgIpc) is 2.78. The Kier molecular flexibility index (Phi) is 7.05. The van der Waals surface area contributed by atoms with Crippen LogP contribution in [0, 0.1) is 18.8 Å². The van der Waals surface area contributed by atoms with Crippen molar-refractivity contribution in [2.75, 3.05) is 0 Å². The van der Waals surface area contributed by atoms with Crippen LogP contribution in [0.4, 0.5) is 0 Å². The lowest BCUT2D eigenvalue weighted by atomic mass is 9.77. The fourth-order valence-electron chi connectivity index (χ4n) is 4.95. The molecule has 1 aliphatic carbocycles. The molecule has 0 bridgehead atoms. The predicted octanol–water partition coefficient (Wildman–Crippen LogP) is 7.74. The third kappa shape index (κ3) is 5.85. The minimum absolute atomic E-state index is 0.867. The van der Waals surface area contributed by atoms with Crippen molar-refractivity contribution < 1.29 is 0 Å². The van der Waals surface area contributed by atoms with E-state index in [4.69, 9.17) is 0 Å². The lowest BCUT2D eigenvalue weighted by Crippen LogP contribution is -2.18. The summed E-state index contributed by atoms with van der Waals surface area (Å²) in [5, 5.41) is 0. The van der Waals surface area contributed by atoms with Gasteiger partial charge in [0.2, 0.25) is 0 Å². The number of rotatable bonds is 7. The first-order valence-corrected chi connectivity index (χ1v) is 11.9. The molecule has 1 saturated carbocycles. The van der Waals surface area contributed by atoms with Crippen molar-refractivity contribution in [2.45, 2.75) is 65.2 Å². The maximum Gasteiger partial charge on any atom is -0.00258 e.